The molecule has 0 unspecified atom stereocenters. The Morgan fingerprint density at radius 1 is 1.32 bits per heavy atom. The van der Waals surface area contributed by atoms with Gasteiger partial charge < -0.3 is 4.74 Å². The first-order chi connectivity index (χ1) is 9.01. The standard InChI is InChI=1S/C14H19N3OSi/c1-19(2,3)9-8-18-11-17-14-7-5-4-6-12(14)13(10-15)16-17/h4-7H,8-9,11H2,1-3H3. The van der Waals surface area contributed by atoms with Crippen LogP contribution in [0.1, 0.15) is 5.69 Å². The van der Waals surface area contributed by atoms with Crippen molar-refractivity contribution in [2.45, 2.75) is 32.4 Å². The molecule has 5 heteroatoms. The molecule has 0 fully saturated rings. The molecule has 0 aliphatic rings. The summed E-state index contributed by atoms with van der Waals surface area (Å²) >= 11 is 0. The van der Waals surface area contributed by atoms with Gasteiger partial charge in [0.25, 0.3) is 0 Å². The van der Waals surface area contributed by atoms with Gasteiger partial charge in [0.15, 0.2) is 5.69 Å². The SMILES string of the molecule is C[Si](C)(C)CCOCn1nc(C#N)c2ccccc21. The lowest BCUT2D eigenvalue weighted by Crippen LogP contribution is -2.22. The molecule has 0 bridgehead atoms. The van der Waals surface area contributed by atoms with E-state index < -0.39 is 8.07 Å². The molecule has 0 atom stereocenters. The van der Waals surface area contributed by atoms with Crippen molar-refractivity contribution in [2.75, 3.05) is 6.61 Å². The molecule has 2 aromatic rings. The van der Waals surface area contributed by atoms with E-state index in [1.165, 1.54) is 0 Å². The minimum absolute atomic E-state index is 0.409. The average molecular weight is 273 g/mol. The molecular formula is C14H19N3OSi. The number of aromatic nitrogens is 2. The van der Waals surface area contributed by atoms with Crippen LogP contribution >= 0.6 is 0 Å². The fourth-order valence-corrected chi connectivity index (χ4v) is 2.59. The predicted molar refractivity (Wildman–Crippen MR) is 78.6 cm³/mol. The summed E-state index contributed by atoms with van der Waals surface area (Å²) < 4.78 is 7.45. The quantitative estimate of drug-likeness (QED) is 0.621. The number of para-hydroxylation sites is 1. The Labute approximate surface area is 114 Å². The summed E-state index contributed by atoms with van der Waals surface area (Å²) in [4.78, 5) is 0. The number of hydrogen-bond acceptors (Lipinski definition) is 3. The third-order valence-electron chi connectivity index (χ3n) is 2.97. The van der Waals surface area contributed by atoms with Crippen molar-refractivity contribution >= 4 is 19.0 Å². The van der Waals surface area contributed by atoms with E-state index in [9.17, 15) is 0 Å². The fourth-order valence-electron chi connectivity index (χ4n) is 1.84. The van der Waals surface area contributed by atoms with Gasteiger partial charge in [0.05, 0.1) is 5.52 Å². The van der Waals surface area contributed by atoms with Crippen LogP contribution in [0, 0.1) is 11.3 Å². The monoisotopic (exact) mass is 273 g/mol. The highest BCUT2D eigenvalue weighted by Gasteiger charge is 2.13. The predicted octanol–water partition coefficient (Wildman–Crippen LogP) is 3.22. The molecule has 19 heavy (non-hydrogen) atoms. The van der Waals surface area contributed by atoms with Gasteiger partial charge in [0.1, 0.15) is 12.8 Å². The molecule has 2 rings (SSSR count). The van der Waals surface area contributed by atoms with Crippen molar-refractivity contribution in [3.63, 3.8) is 0 Å². The number of ether oxygens (including phenoxy) is 1. The third-order valence-corrected chi connectivity index (χ3v) is 4.68. The number of nitrogens with zero attached hydrogens (tertiary/aromatic N) is 3. The van der Waals surface area contributed by atoms with Crippen LogP contribution in [-0.4, -0.2) is 24.5 Å². The molecule has 0 aliphatic heterocycles. The number of rotatable bonds is 5. The molecule has 0 aliphatic carbocycles. The van der Waals surface area contributed by atoms with Crippen LogP contribution < -0.4 is 0 Å². The van der Waals surface area contributed by atoms with E-state index in [0.717, 1.165) is 23.6 Å². The van der Waals surface area contributed by atoms with E-state index in [2.05, 4.69) is 30.8 Å². The molecule has 1 heterocycles. The molecule has 0 amide bonds. The van der Waals surface area contributed by atoms with Gasteiger partial charge in [-0.05, 0) is 18.2 Å². The smallest absolute Gasteiger partial charge is 0.170 e. The Morgan fingerprint density at radius 2 is 2.05 bits per heavy atom. The number of hydrogen-bond donors (Lipinski definition) is 0. The lowest BCUT2D eigenvalue weighted by atomic mass is 10.2. The minimum atomic E-state index is -1.06. The molecule has 0 spiro atoms. The first kappa shape index (κ1) is 13.8. The summed E-state index contributed by atoms with van der Waals surface area (Å²) in [6.07, 6.45) is 0. The van der Waals surface area contributed by atoms with E-state index in [-0.39, 0.29) is 0 Å². The normalized spacial score (nSPS) is 11.7. The van der Waals surface area contributed by atoms with Crippen molar-refractivity contribution in [3.8, 4) is 6.07 Å². The van der Waals surface area contributed by atoms with Crippen molar-refractivity contribution in [3.05, 3.63) is 30.0 Å². The van der Waals surface area contributed by atoms with Gasteiger partial charge in [-0.15, -0.1) is 0 Å². The first-order valence-corrected chi connectivity index (χ1v) is 10.2. The van der Waals surface area contributed by atoms with E-state index in [0.29, 0.717) is 12.4 Å². The Hall–Kier alpha value is -1.64. The fraction of sp³-hybridized carbons (Fsp3) is 0.429. The summed E-state index contributed by atoms with van der Waals surface area (Å²) in [6, 6.07) is 11.0. The van der Waals surface area contributed by atoms with Gasteiger partial charge in [-0.25, -0.2) is 4.68 Å². The Kier molecular flexibility index (Phi) is 4.03. The first-order valence-electron chi connectivity index (χ1n) is 6.45. The van der Waals surface area contributed by atoms with Gasteiger partial charge in [-0.3, -0.25) is 0 Å². The van der Waals surface area contributed by atoms with E-state index in [4.69, 9.17) is 10.00 Å². The van der Waals surface area contributed by atoms with Gasteiger partial charge in [-0.1, -0.05) is 31.8 Å². The van der Waals surface area contributed by atoms with Crippen LogP contribution in [0.15, 0.2) is 24.3 Å². The number of nitriles is 1. The van der Waals surface area contributed by atoms with Crippen molar-refractivity contribution in [1.29, 1.82) is 5.26 Å². The van der Waals surface area contributed by atoms with Crippen LogP contribution in [0.4, 0.5) is 0 Å². The number of benzene rings is 1. The zero-order valence-corrected chi connectivity index (χ0v) is 12.7. The third kappa shape index (κ3) is 3.43. The molecule has 1 aromatic carbocycles. The molecule has 0 radical (unpaired) electrons. The maximum atomic E-state index is 9.07. The van der Waals surface area contributed by atoms with Gasteiger partial charge in [0.2, 0.25) is 0 Å². The summed E-state index contributed by atoms with van der Waals surface area (Å²) in [6.45, 7) is 8.15. The van der Waals surface area contributed by atoms with Crippen LogP contribution in [0.25, 0.3) is 10.9 Å². The van der Waals surface area contributed by atoms with E-state index >= 15 is 0 Å². The molecule has 100 valence electrons. The average Bonchev–Trinajstić information content (AvgIpc) is 2.72. The molecule has 1 aromatic heterocycles. The van der Waals surface area contributed by atoms with Gasteiger partial charge >= 0.3 is 0 Å². The maximum absolute atomic E-state index is 9.07. The second-order valence-electron chi connectivity index (χ2n) is 5.83. The van der Waals surface area contributed by atoms with Crippen molar-refractivity contribution in [1.82, 2.24) is 9.78 Å². The Balaban J connectivity index is 2.07. The summed E-state index contributed by atoms with van der Waals surface area (Å²) in [5.41, 5.74) is 1.41. The van der Waals surface area contributed by atoms with E-state index in [1.807, 2.05) is 24.3 Å². The summed E-state index contributed by atoms with van der Waals surface area (Å²) in [5, 5.41) is 14.2. The number of fused-ring (bicyclic) bond motifs is 1. The maximum Gasteiger partial charge on any atom is 0.170 e. The van der Waals surface area contributed by atoms with Crippen LogP contribution in [0.5, 0.6) is 0 Å². The Bertz CT molecular complexity index is 607. The second kappa shape index (κ2) is 5.55. The van der Waals surface area contributed by atoms with Gasteiger partial charge in [-0.2, -0.15) is 10.4 Å². The molecule has 0 N–H and O–H groups in total. The summed E-state index contributed by atoms with van der Waals surface area (Å²) in [7, 11) is -1.06. The lowest BCUT2D eigenvalue weighted by Gasteiger charge is -2.15. The zero-order valence-electron chi connectivity index (χ0n) is 11.7. The van der Waals surface area contributed by atoms with Crippen molar-refractivity contribution < 1.29 is 4.74 Å². The zero-order chi connectivity index (χ0) is 13.9. The minimum Gasteiger partial charge on any atom is -0.360 e. The molecular weight excluding hydrogens is 254 g/mol. The van der Waals surface area contributed by atoms with Crippen LogP contribution in [0.3, 0.4) is 0 Å². The molecule has 0 saturated carbocycles. The molecule has 4 nitrogen and oxygen atoms in total. The topological polar surface area (TPSA) is 50.8 Å². The second-order valence-corrected chi connectivity index (χ2v) is 11.4. The van der Waals surface area contributed by atoms with Crippen molar-refractivity contribution in [2.24, 2.45) is 0 Å². The van der Waals surface area contributed by atoms with Crippen LogP contribution in [0.2, 0.25) is 25.7 Å². The van der Waals surface area contributed by atoms with Gasteiger partial charge in [0, 0.05) is 20.1 Å². The van der Waals surface area contributed by atoms with Crippen LogP contribution in [-0.2, 0) is 11.5 Å². The Morgan fingerprint density at radius 3 is 2.74 bits per heavy atom. The lowest BCUT2D eigenvalue weighted by molar-refractivity contribution is 0.0816. The highest BCUT2D eigenvalue weighted by Crippen LogP contribution is 2.17. The molecule has 0 saturated heterocycles. The largest absolute Gasteiger partial charge is 0.360 e. The summed E-state index contributed by atoms with van der Waals surface area (Å²) in [5.74, 6) is 0. The van der Waals surface area contributed by atoms with E-state index in [1.54, 1.807) is 4.68 Å². The highest BCUT2D eigenvalue weighted by molar-refractivity contribution is 6.76. The highest BCUT2D eigenvalue weighted by atomic mass is 28.3.